The Kier molecular flexibility index (Phi) is 7.10. The van der Waals surface area contributed by atoms with Gasteiger partial charge in [0, 0.05) is 10.9 Å². The van der Waals surface area contributed by atoms with E-state index in [1.807, 2.05) is 0 Å². The predicted molar refractivity (Wildman–Crippen MR) is 118 cm³/mol. The number of nitrogens with one attached hydrogen (secondary N) is 3. The van der Waals surface area contributed by atoms with Gasteiger partial charge in [0.05, 0.1) is 20.0 Å². The van der Waals surface area contributed by atoms with E-state index in [0.717, 1.165) is 11.8 Å². The van der Waals surface area contributed by atoms with E-state index >= 15 is 0 Å². The first-order valence-electron chi connectivity index (χ1n) is 8.67. The van der Waals surface area contributed by atoms with Crippen molar-refractivity contribution in [3.05, 3.63) is 45.6 Å². The third kappa shape index (κ3) is 5.52. The molecule has 11 nitrogen and oxygen atoms in total. The Bertz CT molecular complexity index is 1150. The molecular formula is C18H18N6O5S2. The fraction of sp³-hybridized carbons (Fsp3) is 0.167. The van der Waals surface area contributed by atoms with Crippen LogP contribution in [0.5, 0.6) is 11.5 Å². The molecule has 0 aliphatic rings. The number of ether oxygens (including phenoxy) is 2. The summed E-state index contributed by atoms with van der Waals surface area (Å²) >= 11 is 2.20. The standard InChI is InChI=1S/C18H18N6O5S2/c1-28-10-4-3-9(7-11(10)29-2)16(26)21-14-15(19)22-18(23-17(14)27)30-8-13(25)20-12-5-6-31-24-12/h3-7H,8H2,1-2H3,(H,21,26)(H,20,24,25)(H3,19,22,23,27). The lowest BCUT2D eigenvalue weighted by molar-refractivity contribution is -0.113. The number of thioether (sulfide) groups is 1. The molecule has 0 saturated carbocycles. The van der Waals surface area contributed by atoms with E-state index in [2.05, 4.69) is 25.0 Å². The predicted octanol–water partition coefficient (Wildman–Crippen LogP) is 1.81. The number of hydrogen-bond acceptors (Lipinski definition) is 10. The number of rotatable bonds is 8. The lowest BCUT2D eigenvalue weighted by atomic mass is 10.2. The molecule has 0 saturated heterocycles. The van der Waals surface area contributed by atoms with E-state index in [1.54, 1.807) is 17.5 Å². The SMILES string of the molecule is COc1ccc(C(=O)Nc2c(N)nc(SCC(=O)Nc3ccsn3)[nH]c2=O)cc1OC. The Morgan fingerprint density at radius 3 is 2.61 bits per heavy atom. The average Bonchev–Trinajstić information content (AvgIpc) is 3.27. The Balaban J connectivity index is 1.68. The molecule has 0 bridgehead atoms. The van der Waals surface area contributed by atoms with Crippen molar-refractivity contribution < 1.29 is 19.1 Å². The number of aromatic amines is 1. The summed E-state index contributed by atoms with van der Waals surface area (Å²) in [5, 5.41) is 6.92. The molecule has 0 radical (unpaired) electrons. The van der Waals surface area contributed by atoms with Gasteiger partial charge in [-0.2, -0.15) is 4.37 Å². The third-order valence-corrected chi connectivity index (χ3v) is 5.29. The minimum absolute atomic E-state index is 0.0166. The van der Waals surface area contributed by atoms with E-state index in [1.165, 1.54) is 37.9 Å². The van der Waals surface area contributed by atoms with Gasteiger partial charge in [-0.05, 0) is 35.8 Å². The summed E-state index contributed by atoms with van der Waals surface area (Å²) < 4.78 is 14.3. The maximum absolute atomic E-state index is 12.5. The summed E-state index contributed by atoms with van der Waals surface area (Å²) in [5.74, 6) is 0.170. The molecule has 162 valence electrons. The number of hydrogen-bond donors (Lipinski definition) is 4. The second-order valence-corrected chi connectivity index (χ2v) is 7.51. The molecule has 2 amide bonds. The van der Waals surface area contributed by atoms with Gasteiger partial charge < -0.3 is 25.8 Å². The molecule has 3 aromatic rings. The molecule has 0 unspecified atom stereocenters. The molecule has 0 fully saturated rings. The molecule has 0 aliphatic heterocycles. The van der Waals surface area contributed by atoms with E-state index in [0.29, 0.717) is 17.3 Å². The van der Waals surface area contributed by atoms with Crippen LogP contribution in [0.2, 0.25) is 0 Å². The number of benzene rings is 1. The number of carbonyl (C=O) groups is 2. The van der Waals surface area contributed by atoms with E-state index in [-0.39, 0.29) is 33.9 Å². The normalized spacial score (nSPS) is 10.4. The molecule has 13 heteroatoms. The van der Waals surface area contributed by atoms with Crippen molar-refractivity contribution in [1.29, 1.82) is 0 Å². The van der Waals surface area contributed by atoms with Crippen LogP contribution in [0.25, 0.3) is 0 Å². The van der Waals surface area contributed by atoms with Crippen LogP contribution < -0.4 is 31.4 Å². The zero-order valence-electron chi connectivity index (χ0n) is 16.4. The minimum Gasteiger partial charge on any atom is -0.493 e. The smallest absolute Gasteiger partial charge is 0.277 e. The highest BCUT2D eigenvalue weighted by Gasteiger charge is 2.16. The first kappa shape index (κ1) is 22.1. The highest BCUT2D eigenvalue weighted by molar-refractivity contribution is 7.99. The topological polar surface area (TPSA) is 161 Å². The van der Waals surface area contributed by atoms with Gasteiger partial charge >= 0.3 is 0 Å². The fourth-order valence-corrected chi connectivity index (χ4v) is 3.55. The quantitative estimate of drug-likeness (QED) is 0.289. The van der Waals surface area contributed by atoms with Crippen molar-refractivity contribution in [2.75, 3.05) is 36.3 Å². The Morgan fingerprint density at radius 1 is 1.19 bits per heavy atom. The van der Waals surface area contributed by atoms with Crippen LogP contribution >= 0.6 is 23.3 Å². The number of nitrogens with two attached hydrogens (primary N) is 1. The maximum atomic E-state index is 12.5. The minimum atomic E-state index is -0.649. The van der Waals surface area contributed by atoms with E-state index in [9.17, 15) is 14.4 Å². The van der Waals surface area contributed by atoms with Crippen LogP contribution in [0.15, 0.2) is 39.6 Å². The molecule has 5 N–H and O–H groups in total. The number of nitrogens with zero attached hydrogens (tertiary/aromatic N) is 2. The Hall–Kier alpha value is -3.58. The summed E-state index contributed by atoms with van der Waals surface area (Å²) in [5.41, 5.74) is 5.24. The molecule has 0 spiro atoms. The number of methoxy groups -OCH3 is 2. The largest absolute Gasteiger partial charge is 0.493 e. The van der Waals surface area contributed by atoms with Crippen molar-refractivity contribution in [3.63, 3.8) is 0 Å². The average molecular weight is 463 g/mol. The van der Waals surface area contributed by atoms with Gasteiger partial charge in [0.2, 0.25) is 5.91 Å². The molecule has 1 aromatic carbocycles. The summed E-state index contributed by atoms with van der Waals surface area (Å²) in [4.78, 5) is 43.4. The first-order chi connectivity index (χ1) is 14.9. The number of amides is 2. The van der Waals surface area contributed by atoms with Gasteiger partial charge in [-0.25, -0.2) is 4.98 Å². The maximum Gasteiger partial charge on any atom is 0.277 e. The van der Waals surface area contributed by atoms with Crippen molar-refractivity contribution in [1.82, 2.24) is 14.3 Å². The number of anilines is 3. The number of aromatic nitrogens is 3. The highest BCUT2D eigenvalue weighted by Crippen LogP contribution is 2.28. The van der Waals surface area contributed by atoms with Gasteiger partial charge in [-0.3, -0.25) is 19.4 Å². The summed E-state index contributed by atoms with van der Waals surface area (Å²) in [6.07, 6.45) is 0. The van der Waals surface area contributed by atoms with Gasteiger partial charge in [0.1, 0.15) is 11.5 Å². The van der Waals surface area contributed by atoms with Gasteiger partial charge in [-0.1, -0.05) is 11.8 Å². The third-order valence-electron chi connectivity index (χ3n) is 3.86. The zero-order chi connectivity index (χ0) is 22.4. The van der Waals surface area contributed by atoms with Crippen molar-refractivity contribution in [2.45, 2.75) is 5.16 Å². The molecule has 0 atom stereocenters. The number of H-pyrrole nitrogens is 1. The van der Waals surface area contributed by atoms with Crippen LogP contribution in [0.4, 0.5) is 17.3 Å². The van der Waals surface area contributed by atoms with Crippen molar-refractivity contribution >= 4 is 52.4 Å². The number of nitrogen functional groups attached to an aromatic ring is 1. The molecular weight excluding hydrogens is 444 g/mol. The van der Waals surface area contributed by atoms with Crippen LogP contribution in [0.1, 0.15) is 10.4 Å². The molecule has 3 rings (SSSR count). The van der Waals surface area contributed by atoms with Crippen molar-refractivity contribution in [2.24, 2.45) is 0 Å². The Labute approximate surface area is 184 Å². The summed E-state index contributed by atoms with van der Waals surface area (Å²) in [7, 11) is 2.92. The fourth-order valence-electron chi connectivity index (χ4n) is 2.41. The van der Waals surface area contributed by atoms with Crippen LogP contribution in [-0.2, 0) is 4.79 Å². The monoisotopic (exact) mass is 462 g/mol. The first-order valence-corrected chi connectivity index (χ1v) is 10.5. The molecule has 31 heavy (non-hydrogen) atoms. The van der Waals surface area contributed by atoms with E-state index < -0.39 is 11.5 Å². The summed E-state index contributed by atoms with van der Waals surface area (Å²) in [6.45, 7) is 0. The summed E-state index contributed by atoms with van der Waals surface area (Å²) in [6, 6.07) is 6.22. The van der Waals surface area contributed by atoms with Crippen molar-refractivity contribution in [3.8, 4) is 11.5 Å². The molecule has 2 heterocycles. The highest BCUT2D eigenvalue weighted by atomic mass is 32.2. The van der Waals surface area contributed by atoms with Gasteiger partial charge in [-0.15, -0.1) is 0 Å². The van der Waals surface area contributed by atoms with Crippen LogP contribution in [-0.4, -0.2) is 46.1 Å². The second kappa shape index (κ2) is 9.95. The van der Waals surface area contributed by atoms with Crippen LogP contribution in [0.3, 0.4) is 0 Å². The second-order valence-electron chi connectivity index (χ2n) is 5.88. The van der Waals surface area contributed by atoms with Gasteiger partial charge in [0.15, 0.2) is 22.5 Å². The Morgan fingerprint density at radius 2 is 1.97 bits per heavy atom. The van der Waals surface area contributed by atoms with E-state index in [4.69, 9.17) is 15.2 Å². The zero-order valence-corrected chi connectivity index (χ0v) is 18.1. The molecule has 0 aliphatic carbocycles. The lowest BCUT2D eigenvalue weighted by Gasteiger charge is -2.11. The van der Waals surface area contributed by atoms with Gasteiger partial charge in [0.25, 0.3) is 11.5 Å². The molecule has 2 aromatic heterocycles. The van der Waals surface area contributed by atoms with Crippen LogP contribution in [0, 0.1) is 0 Å². The number of carbonyl (C=O) groups excluding carboxylic acids is 2. The lowest BCUT2D eigenvalue weighted by Crippen LogP contribution is -2.23.